The summed E-state index contributed by atoms with van der Waals surface area (Å²) in [7, 11) is 0. The van der Waals surface area contributed by atoms with Crippen molar-refractivity contribution in [2.75, 3.05) is 0 Å². The summed E-state index contributed by atoms with van der Waals surface area (Å²) in [4.78, 5) is 22.6. The third-order valence-electron chi connectivity index (χ3n) is 4.64. The van der Waals surface area contributed by atoms with Crippen LogP contribution in [0.5, 0.6) is 0 Å². The molecule has 0 aliphatic carbocycles. The fourth-order valence-electron chi connectivity index (χ4n) is 3.04. The van der Waals surface area contributed by atoms with E-state index in [1.165, 1.54) is 38.5 Å². The van der Waals surface area contributed by atoms with Crippen LogP contribution in [-0.4, -0.2) is 23.1 Å². The first-order valence-electron chi connectivity index (χ1n) is 11.3. The predicted molar refractivity (Wildman–Crippen MR) is 116 cm³/mol. The molecule has 0 aromatic heterocycles. The van der Waals surface area contributed by atoms with Crippen molar-refractivity contribution in [2.45, 2.75) is 116 Å². The van der Waals surface area contributed by atoms with E-state index < -0.39 is 12.1 Å². The minimum absolute atomic E-state index is 0.0955. The molecule has 1 atom stereocenters. The number of carbonyl (C=O) groups is 2. The number of hydrogen-bond acceptors (Lipinski definition) is 3. The highest BCUT2D eigenvalue weighted by atomic mass is 16.5. The Balaban J connectivity index is 3.54. The Kier molecular flexibility index (Phi) is 19.0. The molecule has 0 amide bonds. The molecule has 0 aliphatic rings. The molecule has 0 rings (SSSR count). The van der Waals surface area contributed by atoms with Crippen LogP contribution in [0.15, 0.2) is 24.3 Å². The van der Waals surface area contributed by atoms with Crippen molar-refractivity contribution < 1.29 is 19.4 Å². The van der Waals surface area contributed by atoms with Crippen LogP contribution in [0.3, 0.4) is 0 Å². The minimum Gasteiger partial charge on any atom is -0.481 e. The molecule has 1 N–H and O–H groups in total. The van der Waals surface area contributed by atoms with Crippen molar-refractivity contribution in [2.24, 2.45) is 0 Å². The van der Waals surface area contributed by atoms with Crippen LogP contribution >= 0.6 is 0 Å². The summed E-state index contributed by atoms with van der Waals surface area (Å²) in [6, 6.07) is 0. The number of allylic oxidation sites excluding steroid dienone is 4. The molecule has 28 heavy (non-hydrogen) atoms. The maximum absolute atomic E-state index is 11.8. The van der Waals surface area contributed by atoms with Gasteiger partial charge in [0.15, 0.2) is 0 Å². The van der Waals surface area contributed by atoms with Gasteiger partial charge >= 0.3 is 11.9 Å². The molecule has 0 heterocycles. The first-order valence-corrected chi connectivity index (χ1v) is 11.3. The number of ether oxygens (including phenoxy) is 1. The van der Waals surface area contributed by atoms with Crippen LogP contribution in [0.2, 0.25) is 0 Å². The molecule has 0 bridgehead atoms. The Hall–Kier alpha value is -1.58. The highest BCUT2D eigenvalue weighted by Crippen LogP contribution is 2.12. The average Bonchev–Trinajstić information content (AvgIpc) is 2.64. The number of carboxylic acid groups (broad SMARTS) is 1. The van der Waals surface area contributed by atoms with E-state index in [-0.39, 0.29) is 12.4 Å². The Morgan fingerprint density at radius 1 is 0.821 bits per heavy atom. The minimum atomic E-state index is -0.914. The number of rotatable bonds is 19. The normalized spacial score (nSPS) is 12.6. The summed E-state index contributed by atoms with van der Waals surface area (Å²) < 4.78 is 5.29. The van der Waals surface area contributed by atoms with Crippen molar-refractivity contribution in [1.29, 1.82) is 0 Å². The van der Waals surface area contributed by atoms with Gasteiger partial charge in [-0.3, -0.25) is 9.59 Å². The second-order valence-corrected chi connectivity index (χ2v) is 7.48. The molecular weight excluding hydrogens is 352 g/mol. The van der Waals surface area contributed by atoms with Gasteiger partial charge in [0.2, 0.25) is 0 Å². The fraction of sp³-hybridized carbons (Fsp3) is 0.750. The summed E-state index contributed by atoms with van der Waals surface area (Å²) in [5, 5.41) is 8.84. The lowest BCUT2D eigenvalue weighted by Crippen LogP contribution is -2.21. The third kappa shape index (κ3) is 19.2. The van der Waals surface area contributed by atoms with Gasteiger partial charge in [-0.2, -0.15) is 0 Å². The second kappa shape index (κ2) is 20.2. The van der Waals surface area contributed by atoms with Crippen LogP contribution in [0, 0.1) is 0 Å². The molecule has 0 saturated heterocycles. The van der Waals surface area contributed by atoms with Gasteiger partial charge in [-0.05, 0) is 44.9 Å². The van der Waals surface area contributed by atoms with Gasteiger partial charge in [0.25, 0.3) is 0 Å². The standard InChI is InChI=1S/C24H42O4/c1-3-5-6-7-8-9-10-11-12-13-14-15-16-17-18-20-24(27)28-22(19-4-2)21-23(25)26/h8-9,11-12,22H,3-7,10,13-21H2,1-2H3,(H,25,26)/b9-8-,12-11-. The largest absolute Gasteiger partial charge is 0.481 e. The number of unbranched alkanes of at least 4 members (excludes halogenated alkanes) is 8. The van der Waals surface area contributed by atoms with Gasteiger partial charge < -0.3 is 9.84 Å². The van der Waals surface area contributed by atoms with Crippen molar-refractivity contribution in [1.82, 2.24) is 0 Å². The lowest BCUT2D eigenvalue weighted by molar-refractivity contribution is -0.153. The van der Waals surface area contributed by atoms with E-state index in [0.717, 1.165) is 38.5 Å². The molecule has 4 heteroatoms. The van der Waals surface area contributed by atoms with Crippen molar-refractivity contribution in [3.05, 3.63) is 24.3 Å². The maximum Gasteiger partial charge on any atom is 0.307 e. The Morgan fingerprint density at radius 2 is 1.43 bits per heavy atom. The quantitative estimate of drug-likeness (QED) is 0.146. The van der Waals surface area contributed by atoms with E-state index in [9.17, 15) is 9.59 Å². The number of carboxylic acids is 1. The van der Waals surface area contributed by atoms with Crippen LogP contribution < -0.4 is 0 Å². The third-order valence-corrected chi connectivity index (χ3v) is 4.64. The summed E-state index contributed by atoms with van der Waals surface area (Å²) >= 11 is 0. The van der Waals surface area contributed by atoms with Crippen molar-refractivity contribution in [3.63, 3.8) is 0 Å². The first kappa shape index (κ1) is 26.4. The lowest BCUT2D eigenvalue weighted by Gasteiger charge is -2.15. The van der Waals surface area contributed by atoms with Crippen LogP contribution in [0.25, 0.3) is 0 Å². The maximum atomic E-state index is 11.8. The highest BCUT2D eigenvalue weighted by Gasteiger charge is 2.16. The monoisotopic (exact) mass is 394 g/mol. The molecular formula is C24H42O4. The summed E-state index contributed by atoms with van der Waals surface area (Å²) in [6.07, 6.45) is 22.9. The molecule has 0 aromatic carbocycles. The first-order chi connectivity index (χ1) is 13.6. The van der Waals surface area contributed by atoms with Crippen molar-refractivity contribution >= 4 is 11.9 Å². The zero-order valence-electron chi connectivity index (χ0n) is 18.2. The van der Waals surface area contributed by atoms with Gasteiger partial charge in [-0.1, -0.05) is 76.7 Å². The molecule has 0 aromatic rings. The Bertz CT molecular complexity index is 440. The van der Waals surface area contributed by atoms with Gasteiger partial charge in [0.1, 0.15) is 6.10 Å². The summed E-state index contributed by atoms with van der Waals surface area (Å²) in [5.74, 6) is -1.17. The second-order valence-electron chi connectivity index (χ2n) is 7.48. The van der Waals surface area contributed by atoms with E-state index in [2.05, 4.69) is 31.2 Å². The van der Waals surface area contributed by atoms with Gasteiger partial charge in [-0.15, -0.1) is 0 Å². The van der Waals surface area contributed by atoms with E-state index in [1.54, 1.807) is 0 Å². The number of hydrogen-bond donors (Lipinski definition) is 1. The number of aliphatic carboxylic acids is 1. The predicted octanol–water partition coefficient (Wildman–Crippen LogP) is 6.99. The smallest absolute Gasteiger partial charge is 0.307 e. The van der Waals surface area contributed by atoms with Crippen LogP contribution in [0.4, 0.5) is 0 Å². The molecule has 0 radical (unpaired) electrons. The highest BCUT2D eigenvalue weighted by molar-refractivity contribution is 5.71. The van der Waals surface area contributed by atoms with Crippen molar-refractivity contribution in [3.8, 4) is 0 Å². The lowest BCUT2D eigenvalue weighted by atomic mass is 10.1. The van der Waals surface area contributed by atoms with Crippen LogP contribution in [-0.2, 0) is 14.3 Å². The molecule has 1 unspecified atom stereocenters. The topological polar surface area (TPSA) is 63.6 Å². The summed E-state index contributed by atoms with van der Waals surface area (Å²) in [5.41, 5.74) is 0. The van der Waals surface area contributed by atoms with E-state index >= 15 is 0 Å². The molecule has 4 nitrogen and oxygen atoms in total. The average molecular weight is 395 g/mol. The van der Waals surface area contributed by atoms with Gasteiger partial charge in [0, 0.05) is 6.42 Å². The zero-order chi connectivity index (χ0) is 20.9. The SMILES string of the molecule is CCCCC/C=C\C/C=C\CCCCCCCC(=O)OC(CCC)CC(=O)O. The van der Waals surface area contributed by atoms with Crippen LogP contribution in [0.1, 0.15) is 110 Å². The van der Waals surface area contributed by atoms with E-state index in [0.29, 0.717) is 12.8 Å². The van der Waals surface area contributed by atoms with E-state index in [4.69, 9.17) is 9.84 Å². The van der Waals surface area contributed by atoms with Gasteiger partial charge in [0.05, 0.1) is 6.42 Å². The molecule has 0 fully saturated rings. The zero-order valence-corrected chi connectivity index (χ0v) is 18.2. The number of esters is 1. The molecule has 0 saturated carbocycles. The Labute approximate surface area is 172 Å². The summed E-state index contributed by atoms with van der Waals surface area (Å²) in [6.45, 7) is 4.19. The fourth-order valence-corrected chi connectivity index (χ4v) is 3.04. The molecule has 162 valence electrons. The van der Waals surface area contributed by atoms with E-state index in [1.807, 2.05) is 6.92 Å². The molecule has 0 spiro atoms. The number of carbonyl (C=O) groups excluding carboxylic acids is 1. The van der Waals surface area contributed by atoms with Gasteiger partial charge in [-0.25, -0.2) is 0 Å². The Morgan fingerprint density at radius 3 is 2.04 bits per heavy atom. The molecule has 0 aliphatic heterocycles.